The molecule has 0 N–H and O–H groups in total. The van der Waals surface area contributed by atoms with Gasteiger partial charge in [-0.05, 0) is 29.3 Å². The summed E-state index contributed by atoms with van der Waals surface area (Å²) in [6.07, 6.45) is 7.47. The fourth-order valence-corrected chi connectivity index (χ4v) is 3.13. The van der Waals surface area contributed by atoms with E-state index in [2.05, 4.69) is 32.0 Å². The lowest BCUT2D eigenvalue weighted by molar-refractivity contribution is 0.174. The van der Waals surface area contributed by atoms with E-state index in [4.69, 9.17) is 9.47 Å². The summed E-state index contributed by atoms with van der Waals surface area (Å²) >= 11 is 0. The van der Waals surface area contributed by atoms with Crippen LogP contribution in [0.15, 0.2) is 55.1 Å². The van der Waals surface area contributed by atoms with E-state index in [0.29, 0.717) is 5.95 Å². The van der Waals surface area contributed by atoms with Crippen molar-refractivity contribution in [3.8, 4) is 11.5 Å². The highest BCUT2D eigenvalue weighted by Crippen LogP contribution is 2.33. The minimum Gasteiger partial charge on any atom is -0.454 e. The van der Waals surface area contributed by atoms with Gasteiger partial charge in [-0.1, -0.05) is 12.1 Å². The summed E-state index contributed by atoms with van der Waals surface area (Å²) in [6, 6.07) is 10.1. The molecule has 0 aliphatic carbocycles. The molecule has 0 radical (unpaired) electrons. The topological polar surface area (TPSA) is 63.6 Å². The first-order valence-corrected chi connectivity index (χ1v) is 9.15. The van der Waals surface area contributed by atoms with E-state index in [1.54, 1.807) is 6.20 Å². The molecule has 0 atom stereocenters. The number of hydrogen-bond donors (Lipinski definition) is 0. The van der Waals surface area contributed by atoms with Crippen LogP contribution in [0.3, 0.4) is 0 Å². The van der Waals surface area contributed by atoms with Crippen LogP contribution in [0.25, 0.3) is 0 Å². The Bertz CT molecular complexity index is 916. The van der Waals surface area contributed by atoms with Gasteiger partial charge < -0.3 is 14.4 Å². The Morgan fingerprint density at radius 2 is 1.61 bits per heavy atom. The monoisotopic (exact) mass is 377 g/mol. The van der Waals surface area contributed by atoms with Gasteiger partial charge in [0.1, 0.15) is 0 Å². The zero-order valence-electron chi connectivity index (χ0n) is 16.1. The average Bonchev–Trinajstić information content (AvgIpc) is 3.17. The van der Waals surface area contributed by atoms with Crippen LogP contribution in [0.2, 0.25) is 0 Å². The molecule has 7 heteroatoms. The molecule has 0 amide bonds. The second-order valence-electron chi connectivity index (χ2n) is 6.98. The molecule has 7 nitrogen and oxygen atoms in total. The predicted molar refractivity (Wildman–Crippen MR) is 106 cm³/mol. The van der Waals surface area contributed by atoms with E-state index in [9.17, 15) is 0 Å². The van der Waals surface area contributed by atoms with Crippen molar-refractivity contribution in [3.63, 3.8) is 0 Å². The SMILES string of the molecule is CN(C)c1ncc(CN(Cc2cccnc2)Cc2ccc3c(c2)OCO3)cn1. The molecule has 28 heavy (non-hydrogen) atoms. The number of aromatic nitrogens is 3. The maximum absolute atomic E-state index is 5.52. The Labute approximate surface area is 164 Å². The number of fused-ring (bicyclic) bond motifs is 1. The molecule has 4 rings (SSSR count). The number of benzene rings is 1. The number of pyridine rings is 1. The van der Waals surface area contributed by atoms with Crippen molar-refractivity contribution in [1.29, 1.82) is 0 Å². The van der Waals surface area contributed by atoms with Gasteiger partial charge in [0, 0.05) is 64.1 Å². The molecule has 1 aliphatic heterocycles. The van der Waals surface area contributed by atoms with E-state index in [0.717, 1.165) is 42.3 Å². The summed E-state index contributed by atoms with van der Waals surface area (Å²) in [6.45, 7) is 2.56. The molecule has 144 valence electrons. The van der Waals surface area contributed by atoms with Crippen molar-refractivity contribution in [2.24, 2.45) is 0 Å². The highest BCUT2D eigenvalue weighted by molar-refractivity contribution is 5.44. The summed E-state index contributed by atoms with van der Waals surface area (Å²) < 4.78 is 10.9. The molecule has 3 heterocycles. The van der Waals surface area contributed by atoms with Crippen LogP contribution in [-0.2, 0) is 19.6 Å². The minimum atomic E-state index is 0.285. The van der Waals surface area contributed by atoms with E-state index < -0.39 is 0 Å². The van der Waals surface area contributed by atoms with Gasteiger partial charge >= 0.3 is 0 Å². The fourth-order valence-electron chi connectivity index (χ4n) is 3.13. The molecule has 0 fully saturated rings. The van der Waals surface area contributed by atoms with Crippen molar-refractivity contribution < 1.29 is 9.47 Å². The maximum Gasteiger partial charge on any atom is 0.231 e. The molecule has 1 aromatic carbocycles. The molecule has 0 saturated heterocycles. The normalized spacial score (nSPS) is 12.4. The number of ether oxygens (including phenoxy) is 2. The first-order valence-electron chi connectivity index (χ1n) is 9.15. The molecule has 0 spiro atoms. The van der Waals surface area contributed by atoms with Crippen molar-refractivity contribution >= 4 is 5.95 Å². The van der Waals surface area contributed by atoms with Crippen LogP contribution in [0.4, 0.5) is 5.95 Å². The number of hydrogen-bond acceptors (Lipinski definition) is 7. The number of anilines is 1. The third-order valence-electron chi connectivity index (χ3n) is 4.47. The van der Waals surface area contributed by atoms with Crippen LogP contribution >= 0.6 is 0 Å². The van der Waals surface area contributed by atoms with Gasteiger partial charge in [0.05, 0.1) is 0 Å². The summed E-state index contributed by atoms with van der Waals surface area (Å²) in [5.74, 6) is 2.31. The summed E-state index contributed by atoms with van der Waals surface area (Å²) in [4.78, 5) is 17.3. The van der Waals surface area contributed by atoms with Crippen molar-refractivity contribution in [2.45, 2.75) is 19.6 Å². The minimum absolute atomic E-state index is 0.285. The summed E-state index contributed by atoms with van der Waals surface area (Å²) in [5.41, 5.74) is 3.39. The van der Waals surface area contributed by atoms with Crippen LogP contribution in [0.1, 0.15) is 16.7 Å². The van der Waals surface area contributed by atoms with Crippen molar-refractivity contribution in [3.05, 3.63) is 71.8 Å². The smallest absolute Gasteiger partial charge is 0.231 e. The van der Waals surface area contributed by atoms with Gasteiger partial charge in [0.2, 0.25) is 12.7 Å². The van der Waals surface area contributed by atoms with Gasteiger partial charge in [-0.2, -0.15) is 0 Å². The molecule has 0 bridgehead atoms. The summed E-state index contributed by atoms with van der Waals surface area (Å²) in [5, 5.41) is 0. The number of nitrogens with zero attached hydrogens (tertiary/aromatic N) is 5. The third-order valence-corrected chi connectivity index (χ3v) is 4.47. The molecular weight excluding hydrogens is 354 g/mol. The fraction of sp³-hybridized carbons (Fsp3) is 0.286. The quantitative estimate of drug-likeness (QED) is 0.627. The van der Waals surface area contributed by atoms with Gasteiger partial charge in [0.15, 0.2) is 11.5 Å². The van der Waals surface area contributed by atoms with E-state index in [1.807, 2.05) is 55.8 Å². The molecular formula is C21H23N5O2. The van der Waals surface area contributed by atoms with Gasteiger partial charge in [-0.3, -0.25) is 9.88 Å². The lowest BCUT2D eigenvalue weighted by atomic mass is 10.1. The van der Waals surface area contributed by atoms with Crippen LogP contribution in [-0.4, -0.2) is 40.7 Å². The first kappa shape index (κ1) is 18.2. The lowest BCUT2D eigenvalue weighted by Gasteiger charge is -2.23. The first-order chi connectivity index (χ1) is 13.7. The zero-order chi connectivity index (χ0) is 19.3. The molecule has 0 unspecified atom stereocenters. The van der Waals surface area contributed by atoms with Crippen molar-refractivity contribution in [2.75, 3.05) is 25.8 Å². The van der Waals surface area contributed by atoms with Crippen LogP contribution < -0.4 is 14.4 Å². The Morgan fingerprint density at radius 3 is 2.36 bits per heavy atom. The highest BCUT2D eigenvalue weighted by Gasteiger charge is 2.15. The van der Waals surface area contributed by atoms with Crippen LogP contribution in [0, 0.1) is 0 Å². The lowest BCUT2D eigenvalue weighted by Crippen LogP contribution is -2.23. The molecule has 2 aromatic heterocycles. The van der Waals surface area contributed by atoms with Gasteiger partial charge in [-0.15, -0.1) is 0 Å². The second kappa shape index (κ2) is 8.22. The van der Waals surface area contributed by atoms with Crippen LogP contribution in [0.5, 0.6) is 11.5 Å². The van der Waals surface area contributed by atoms with E-state index in [-0.39, 0.29) is 6.79 Å². The Morgan fingerprint density at radius 1 is 0.857 bits per heavy atom. The predicted octanol–water partition coefficient (Wildman–Crippen LogP) is 2.87. The van der Waals surface area contributed by atoms with Gasteiger partial charge in [0.25, 0.3) is 0 Å². The Balaban J connectivity index is 1.53. The largest absolute Gasteiger partial charge is 0.454 e. The molecule has 1 aliphatic rings. The summed E-state index contributed by atoms with van der Waals surface area (Å²) in [7, 11) is 3.87. The zero-order valence-corrected chi connectivity index (χ0v) is 16.1. The Kier molecular flexibility index (Phi) is 5.34. The van der Waals surface area contributed by atoms with E-state index in [1.165, 1.54) is 5.56 Å². The molecule has 3 aromatic rings. The molecule has 0 saturated carbocycles. The van der Waals surface area contributed by atoms with E-state index >= 15 is 0 Å². The number of rotatable bonds is 7. The highest BCUT2D eigenvalue weighted by atomic mass is 16.7. The third kappa shape index (κ3) is 4.37. The maximum atomic E-state index is 5.52. The Hall–Kier alpha value is -3.19. The average molecular weight is 377 g/mol. The van der Waals surface area contributed by atoms with Gasteiger partial charge in [-0.25, -0.2) is 9.97 Å². The standard InChI is InChI=1S/C21H23N5O2/c1-25(2)21-23-10-18(11-24-21)14-26(13-17-4-3-7-22-9-17)12-16-5-6-19-20(8-16)28-15-27-19/h3-11H,12-15H2,1-2H3. The second-order valence-corrected chi connectivity index (χ2v) is 6.98. The van der Waals surface area contributed by atoms with Crippen molar-refractivity contribution in [1.82, 2.24) is 19.9 Å².